The molecule has 0 aliphatic rings. The third-order valence-corrected chi connectivity index (χ3v) is 5.10. The van der Waals surface area contributed by atoms with Gasteiger partial charge in [-0.1, -0.05) is 22.0 Å². The molecule has 0 aliphatic heterocycles. The number of aromatic nitrogens is 1. The van der Waals surface area contributed by atoms with E-state index in [2.05, 4.69) is 25.6 Å². The molecule has 0 unspecified atom stereocenters. The van der Waals surface area contributed by atoms with Crippen LogP contribution in [0.15, 0.2) is 45.9 Å². The second kappa shape index (κ2) is 6.55. The summed E-state index contributed by atoms with van der Waals surface area (Å²) >= 11 is 3.26. The molecule has 0 saturated carbocycles. The third kappa shape index (κ3) is 4.03. The summed E-state index contributed by atoms with van der Waals surface area (Å²) in [5.41, 5.74) is 7.63. The van der Waals surface area contributed by atoms with Gasteiger partial charge in [0.1, 0.15) is 0 Å². The Morgan fingerprint density at radius 3 is 2.76 bits per heavy atom. The second-order valence-corrected chi connectivity index (χ2v) is 7.24. The number of nitrogens with zero attached hydrogens (tertiary/aromatic N) is 1. The van der Waals surface area contributed by atoms with Crippen LogP contribution in [0.5, 0.6) is 0 Å². The van der Waals surface area contributed by atoms with Crippen molar-refractivity contribution < 1.29 is 8.42 Å². The smallest absolute Gasteiger partial charge is 0.240 e. The summed E-state index contributed by atoms with van der Waals surface area (Å²) in [5.74, 6) is 0. The molecule has 2 aromatic rings. The van der Waals surface area contributed by atoms with E-state index in [1.54, 1.807) is 25.3 Å². The first-order chi connectivity index (χ1) is 9.90. The summed E-state index contributed by atoms with van der Waals surface area (Å²) in [6, 6.07) is 8.78. The van der Waals surface area contributed by atoms with E-state index >= 15 is 0 Å². The normalized spacial score (nSPS) is 11.5. The van der Waals surface area contributed by atoms with Gasteiger partial charge in [0.15, 0.2) is 0 Å². The summed E-state index contributed by atoms with van der Waals surface area (Å²) in [5, 5.41) is 0. The second-order valence-electron chi connectivity index (χ2n) is 4.59. The molecule has 1 aromatic heterocycles. The van der Waals surface area contributed by atoms with Crippen LogP contribution in [-0.4, -0.2) is 19.9 Å². The average molecular weight is 370 g/mol. The molecule has 21 heavy (non-hydrogen) atoms. The summed E-state index contributed by atoms with van der Waals surface area (Å²) in [7, 11) is -3.59. The molecule has 0 bridgehead atoms. The molecule has 5 nitrogen and oxygen atoms in total. The van der Waals surface area contributed by atoms with Crippen molar-refractivity contribution in [2.75, 3.05) is 12.3 Å². The molecule has 0 atom stereocenters. The first-order valence-corrected chi connectivity index (χ1v) is 8.63. The molecule has 1 aromatic carbocycles. The number of hydrogen-bond donors (Lipinski definition) is 2. The van der Waals surface area contributed by atoms with Crippen molar-refractivity contribution in [3.63, 3.8) is 0 Å². The van der Waals surface area contributed by atoms with Gasteiger partial charge in [0.25, 0.3) is 0 Å². The predicted molar refractivity (Wildman–Crippen MR) is 86.4 cm³/mol. The highest BCUT2D eigenvalue weighted by Crippen LogP contribution is 2.26. The topological polar surface area (TPSA) is 85.1 Å². The first-order valence-electron chi connectivity index (χ1n) is 6.35. The van der Waals surface area contributed by atoms with Crippen molar-refractivity contribution in [3.05, 3.63) is 52.3 Å². The van der Waals surface area contributed by atoms with Crippen LogP contribution in [0.4, 0.5) is 5.69 Å². The van der Waals surface area contributed by atoms with Crippen molar-refractivity contribution >= 4 is 31.6 Å². The molecule has 0 saturated heterocycles. The highest BCUT2D eigenvalue weighted by molar-refractivity contribution is 9.10. The molecule has 2 rings (SSSR count). The van der Waals surface area contributed by atoms with Crippen LogP contribution in [0, 0.1) is 6.92 Å². The van der Waals surface area contributed by atoms with Gasteiger partial charge in [0, 0.05) is 35.0 Å². The van der Waals surface area contributed by atoms with Gasteiger partial charge in [0.2, 0.25) is 10.0 Å². The number of halogens is 1. The molecule has 0 amide bonds. The lowest BCUT2D eigenvalue weighted by molar-refractivity contribution is 0.580. The SMILES string of the molecule is Cc1c(N)cc(Br)cc1S(=O)(=O)NCCc1ccccn1. The number of hydrogen-bond acceptors (Lipinski definition) is 4. The van der Waals surface area contributed by atoms with Gasteiger partial charge >= 0.3 is 0 Å². The van der Waals surface area contributed by atoms with E-state index in [9.17, 15) is 8.42 Å². The maximum absolute atomic E-state index is 12.3. The van der Waals surface area contributed by atoms with Gasteiger partial charge in [0.05, 0.1) is 4.90 Å². The molecule has 0 aliphatic carbocycles. The van der Waals surface area contributed by atoms with Crippen LogP contribution in [0.3, 0.4) is 0 Å². The Balaban J connectivity index is 2.12. The van der Waals surface area contributed by atoms with Gasteiger partial charge in [-0.25, -0.2) is 13.1 Å². The fraction of sp³-hybridized carbons (Fsp3) is 0.214. The number of sulfonamides is 1. The zero-order valence-electron chi connectivity index (χ0n) is 11.5. The average Bonchev–Trinajstić information content (AvgIpc) is 2.43. The first kappa shape index (κ1) is 15.9. The lowest BCUT2D eigenvalue weighted by Gasteiger charge is -2.11. The summed E-state index contributed by atoms with van der Waals surface area (Å²) < 4.78 is 27.9. The number of nitrogen functional groups attached to an aromatic ring is 1. The number of nitrogens with two attached hydrogens (primary N) is 1. The minimum Gasteiger partial charge on any atom is -0.398 e. The van der Waals surface area contributed by atoms with E-state index in [-0.39, 0.29) is 11.4 Å². The van der Waals surface area contributed by atoms with Crippen molar-refractivity contribution in [1.82, 2.24) is 9.71 Å². The number of anilines is 1. The Morgan fingerprint density at radius 2 is 2.10 bits per heavy atom. The molecule has 0 fully saturated rings. The van der Waals surface area contributed by atoms with E-state index in [1.807, 2.05) is 18.2 Å². The standard InChI is InChI=1S/C14H16BrN3O2S/c1-10-13(16)8-11(15)9-14(10)21(19,20)18-7-5-12-4-2-3-6-17-12/h2-4,6,8-9,18H,5,7,16H2,1H3. The molecule has 0 spiro atoms. The van der Waals surface area contributed by atoms with Gasteiger partial charge in [-0.15, -0.1) is 0 Å². The number of pyridine rings is 1. The van der Waals surface area contributed by atoms with E-state index in [0.29, 0.717) is 22.1 Å². The van der Waals surface area contributed by atoms with Crippen LogP contribution < -0.4 is 10.5 Å². The van der Waals surface area contributed by atoms with Crippen LogP contribution >= 0.6 is 15.9 Å². The Labute approximate surface area is 132 Å². The summed E-state index contributed by atoms with van der Waals surface area (Å²) in [6.45, 7) is 1.97. The van der Waals surface area contributed by atoms with Crippen molar-refractivity contribution in [2.45, 2.75) is 18.2 Å². The van der Waals surface area contributed by atoms with Crippen LogP contribution in [-0.2, 0) is 16.4 Å². The maximum Gasteiger partial charge on any atom is 0.240 e. The highest BCUT2D eigenvalue weighted by atomic mass is 79.9. The van der Waals surface area contributed by atoms with Crippen LogP contribution in [0.25, 0.3) is 0 Å². The number of nitrogens with one attached hydrogen (secondary N) is 1. The van der Waals surface area contributed by atoms with Crippen molar-refractivity contribution in [1.29, 1.82) is 0 Å². The van der Waals surface area contributed by atoms with Gasteiger partial charge in [-0.05, 0) is 36.8 Å². The lowest BCUT2D eigenvalue weighted by atomic mass is 10.2. The van der Waals surface area contributed by atoms with Gasteiger partial charge < -0.3 is 5.73 Å². The molecule has 112 valence electrons. The largest absolute Gasteiger partial charge is 0.398 e. The van der Waals surface area contributed by atoms with Crippen molar-refractivity contribution in [2.24, 2.45) is 0 Å². The van der Waals surface area contributed by atoms with E-state index in [0.717, 1.165) is 5.69 Å². The monoisotopic (exact) mass is 369 g/mol. The molecular weight excluding hydrogens is 354 g/mol. The molecule has 1 heterocycles. The minimum atomic E-state index is -3.59. The van der Waals surface area contributed by atoms with Crippen LogP contribution in [0.1, 0.15) is 11.3 Å². The Morgan fingerprint density at radius 1 is 1.33 bits per heavy atom. The zero-order chi connectivity index (χ0) is 15.5. The van der Waals surface area contributed by atoms with Gasteiger partial charge in [-0.2, -0.15) is 0 Å². The fourth-order valence-electron chi connectivity index (χ4n) is 1.89. The molecule has 7 heteroatoms. The Hall–Kier alpha value is -1.44. The zero-order valence-corrected chi connectivity index (χ0v) is 13.9. The van der Waals surface area contributed by atoms with E-state index in [1.165, 1.54) is 0 Å². The van der Waals surface area contributed by atoms with E-state index in [4.69, 9.17) is 5.73 Å². The lowest BCUT2D eigenvalue weighted by Crippen LogP contribution is -2.27. The van der Waals surface area contributed by atoms with Crippen molar-refractivity contribution in [3.8, 4) is 0 Å². The van der Waals surface area contributed by atoms with Crippen LogP contribution in [0.2, 0.25) is 0 Å². The quantitative estimate of drug-likeness (QED) is 0.791. The number of rotatable bonds is 5. The molecule has 3 N–H and O–H groups in total. The van der Waals surface area contributed by atoms with Gasteiger partial charge in [-0.3, -0.25) is 4.98 Å². The fourth-order valence-corrected chi connectivity index (χ4v) is 3.85. The molecular formula is C14H16BrN3O2S. The Kier molecular flexibility index (Phi) is 4.97. The molecule has 0 radical (unpaired) electrons. The third-order valence-electron chi connectivity index (χ3n) is 3.05. The number of benzene rings is 1. The highest BCUT2D eigenvalue weighted by Gasteiger charge is 2.18. The van der Waals surface area contributed by atoms with E-state index < -0.39 is 10.0 Å². The summed E-state index contributed by atoms with van der Waals surface area (Å²) in [6.07, 6.45) is 2.21. The maximum atomic E-state index is 12.3. The Bertz CT molecular complexity index is 733. The minimum absolute atomic E-state index is 0.190. The summed E-state index contributed by atoms with van der Waals surface area (Å²) in [4.78, 5) is 4.34. The predicted octanol–water partition coefficient (Wildman–Crippen LogP) is 2.26.